The minimum Gasteiger partial charge on any atom is -0.497 e. The predicted molar refractivity (Wildman–Crippen MR) is 124 cm³/mol. The molecule has 3 rings (SSSR count). The van der Waals surface area contributed by atoms with E-state index in [0.29, 0.717) is 28.3 Å². The Morgan fingerprint density at radius 1 is 0.812 bits per heavy atom. The van der Waals surface area contributed by atoms with Gasteiger partial charge in [0.15, 0.2) is 5.78 Å². The number of hydrogen-bond donors (Lipinski definition) is 2. The van der Waals surface area contributed by atoms with E-state index >= 15 is 0 Å². The minimum absolute atomic E-state index is 0.0145. The van der Waals surface area contributed by atoms with Crippen molar-refractivity contribution in [1.29, 1.82) is 0 Å². The SMILES string of the molecule is COc1cccc(NC(=O)CN(C)CC(=O)Nc2ccccc2C(=O)c2ccccc2)c1. The van der Waals surface area contributed by atoms with Gasteiger partial charge in [0.25, 0.3) is 0 Å². The van der Waals surface area contributed by atoms with Crippen LogP contribution in [0.15, 0.2) is 78.9 Å². The smallest absolute Gasteiger partial charge is 0.238 e. The lowest BCUT2D eigenvalue weighted by Gasteiger charge is -2.17. The molecule has 0 aliphatic carbocycles. The van der Waals surface area contributed by atoms with E-state index in [1.54, 1.807) is 91.9 Å². The summed E-state index contributed by atoms with van der Waals surface area (Å²) in [6.45, 7) is 0.00855. The van der Waals surface area contributed by atoms with E-state index < -0.39 is 0 Å². The Kier molecular flexibility index (Phi) is 7.72. The average Bonchev–Trinajstić information content (AvgIpc) is 2.79. The minimum atomic E-state index is -0.324. The van der Waals surface area contributed by atoms with Crippen molar-refractivity contribution in [3.63, 3.8) is 0 Å². The van der Waals surface area contributed by atoms with Gasteiger partial charge in [0.2, 0.25) is 11.8 Å². The molecule has 7 heteroatoms. The van der Waals surface area contributed by atoms with Crippen LogP contribution in [0.5, 0.6) is 5.75 Å². The zero-order chi connectivity index (χ0) is 22.9. The lowest BCUT2D eigenvalue weighted by atomic mass is 10.0. The first-order valence-electron chi connectivity index (χ1n) is 10.1. The first-order chi connectivity index (χ1) is 15.5. The van der Waals surface area contributed by atoms with Crippen molar-refractivity contribution in [3.8, 4) is 5.75 Å². The highest BCUT2D eigenvalue weighted by Gasteiger charge is 2.16. The lowest BCUT2D eigenvalue weighted by molar-refractivity contribution is -0.119. The van der Waals surface area contributed by atoms with Gasteiger partial charge in [-0.05, 0) is 31.3 Å². The number of ketones is 1. The molecule has 164 valence electrons. The Labute approximate surface area is 187 Å². The molecule has 0 fully saturated rings. The zero-order valence-corrected chi connectivity index (χ0v) is 18.0. The number of nitrogens with zero attached hydrogens (tertiary/aromatic N) is 1. The number of hydrogen-bond acceptors (Lipinski definition) is 5. The Morgan fingerprint density at radius 2 is 1.47 bits per heavy atom. The van der Waals surface area contributed by atoms with Crippen LogP contribution in [-0.4, -0.2) is 49.7 Å². The van der Waals surface area contributed by atoms with Gasteiger partial charge >= 0.3 is 0 Å². The van der Waals surface area contributed by atoms with Gasteiger partial charge in [0.1, 0.15) is 5.75 Å². The van der Waals surface area contributed by atoms with Crippen molar-refractivity contribution in [2.24, 2.45) is 0 Å². The molecule has 0 aliphatic heterocycles. The van der Waals surface area contributed by atoms with E-state index in [-0.39, 0.29) is 30.7 Å². The average molecular weight is 431 g/mol. The molecule has 32 heavy (non-hydrogen) atoms. The van der Waals surface area contributed by atoms with Crippen LogP contribution < -0.4 is 15.4 Å². The first kappa shape index (κ1) is 22.7. The predicted octanol–water partition coefficient (Wildman–Crippen LogP) is 3.44. The van der Waals surface area contributed by atoms with Gasteiger partial charge in [-0.3, -0.25) is 19.3 Å². The number of ether oxygens (including phenoxy) is 1. The van der Waals surface area contributed by atoms with Crippen LogP contribution in [0, 0.1) is 0 Å². The fourth-order valence-corrected chi connectivity index (χ4v) is 3.17. The molecule has 0 radical (unpaired) electrons. The molecule has 0 heterocycles. The molecule has 2 N–H and O–H groups in total. The third-order valence-corrected chi connectivity index (χ3v) is 4.66. The Hall–Kier alpha value is -3.97. The standard InChI is InChI=1S/C25H25N3O4/c1-28(16-23(29)26-19-11-8-12-20(15-19)32-2)17-24(30)27-22-14-7-6-13-21(22)25(31)18-9-4-3-5-10-18/h3-15H,16-17H2,1-2H3,(H,26,29)(H,27,30). The number of carbonyl (C=O) groups excluding carboxylic acids is 3. The van der Waals surface area contributed by atoms with Crippen molar-refractivity contribution in [1.82, 2.24) is 4.90 Å². The van der Waals surface area contributed by atoms with Gasteiger partial charge in [-0.25, -0.2) is 0 Å². The van der Waals surface area contributed by atoms with Crippen LogP contribution in [0.3, 0.4) is 0 Å². The molecule has 7 nitrogen and oxygen atoms in total. The molecule has 0 aromatic heterocycles. The molecule has 0 spiro atoms. The molecule has 3 aromatic rings. The maximum absolute atomic E-state index is 12.8. The second kappa shape index (κ2) is 10.9. The number of anilines is 2. The van der Waals surface area contributed by atoms with Crippen LogP contribution in [0.25, 0.3) is 0 Å². The van der Waals surface area contributed by atoms with E-state index in [2.05, 4.69) is 10.6 Å². The Bertz CT molecular complexity index is 1100. The van der Waals surface area contributed by atoms with Crippen molar-refractivity contribution < 1.29 is 19.1 Å². The van der Waals surface area contributed by atoms with Gasteiger partial charge in [-0.2, -0.15) is 0 Å². The van der Waals surface area contributed by atoms with E-state index in [4.69, 9.17) is 4.74 Å². The lowest BCUT2D eigenvalue weighted by Crippen LogP contribution is -2.36. The van der Waals surface area contributed by atoms with E-state index in [1.165, 1.54) is 0 Å². The van der Waals surface area contributed by atoms with Crippen molar-refractivity contribution in [2.75, 3.05) is 37.9 Å². The highest BCUT2D eigenvalue weighted by molar-refractivity contribution is 6.13. The van der Waals surface area contributed by atoms with E-state index in [1.807, 2.05) is 6.07 Å². The van der Waals surface area contributed by atoms with E-state index in [0.717, 1.165) is 0 Å². The summed E-state index contributed by atoms with van der Waals surface area (Å²) in [4.78, 5) is 39.2. The fourth-order valence-electron chi connectivity index (χ4n) is 3.17. The summed E-state index contributed by atoms with van der Waals surface area (Å²) in [6, 6.07) is 22.8. The molecule has 0 atom stereocenters. The monoisotopic (exact) mass is 431 g/mol. The zero-order valence-electron chi connectivity index (χ0n) is 18.0. The molecule has 0 bridgehead atoms. The highest BCUT2D eigenvalue weighted by atomic mass is 16.5. The van der Waals surface area contributed by atoms with Gasteiger partial charge in [-0.1, -0.05) is 48.5 Å². The topological polar surface area (TPSA) is 87.7 Å². The molecule has 2 amide bonds. The highest BCUT2D eigenvalue weighted by Crippen LogP contribution is 2.19. The molecule has 0 saturated carbocycles. The number of benzene rings is 3. The van der Waals surface area contributed by atoms with Crippen LogP contribution in [0.1, 0.15) is 15.9 Å². The Balaban J connectivity index is 1.57. The number of rotatable bonds is 9. The maximum atomic E-state index is 12.8. The van der Waals surface area contributed by atoms with Crippen molar-refractivity contribution in [3.05, 3.63) is 90.0 Å². The van der Waals surface area contributed by atoms with Crippen LogP contribution in [0.4, 0.5) is 11.4 Å². The van der Waals surface area contributed by atoms with Crippen LogP contribution >= 0.6 is 0 Å². The van der Waals surface area contributed by atoms with Crippen molar-refractivity contribution in [2.45, 2.75) is 0 Å². The quantitative estimate of drug-likeness (QED) is 0.507. The van der Waals surface area contributed by atoms with Crippen LogP contribution in [0.2, 0.25) is 0 Å². The molecule has 0 saturated heterocycles. The summed E-state index contributed by atoms with van der Waals surface area (Å²) >= 11 is 0. The summed E-state index contributed by atoms with van der Waals surface area (Å²) in [5.74, 6) is -0.116. The Morgan fingerprint density at radius 3 is 2.19 bits per heavy atom. The number of carbonyl (C=O) groups is 3. The van der Waals surface area contributed by atoms with E-state index in [9.17, 15) is 14.4 Å². The van der Waals surface area contributed by atoms with Crippen LogP contribution in [-0.2, 0) is 9.59 Å². The van der Waals surface area contributed by atoms with Gasteiger partial charge < -0.3 is 15.4 Å². The number of likely N-dealkylation sites (N-methyl/N-ethyl adjacent to an activating group) is 1. The van der Waals surface area contributed by atoms with Gasteiger partial charge in [0.05, 0.1) is 25.9 Å². The molecular weight excluding hydrogens is 406 g/mol. The van der Waals surface area contributed by atoms with Crippen molar-refractivity contribution >= 4 is 29.0 Å². The third-order valence-electron chi connectivity index (χ3n) is 4.66. The summed E-state index contributed by atoms with van der Waals surface area (Å²) < 4.78 is 5.14. The largest absolute Gasteiger partial charge is 0.497 e. The number of nitrogens with one attached hydrogen (secondary N) is 2. The number of methoxy groups -OCH3 is 1. The molecule has 3 aromatic carbocycles. The number of para-hydroxylation sites is 1. The molecule has 0 unspecified atom stereocenters. The molecular formula is C25H25N3O4. The summed E-state index contributed by atoms with van der Waals surface area (Å²) in [6.07, 6.45) is 0. The first-order valence-corrected chi connectivity index (χ1v) is 10.1. The second-order valence-corrected chi connectivity index (χ2v) is 7.24. The molecule has 0 aliphatic rings. The summed E-state index contributed by atoms with van der Waals surface area (Å²) in [7, 11) is 3.23. The third kappa shape index (κ3) is 6.26. The second-order valence-electron chi connectivity index (χ2n) is 7.24. The number of amides is 2. The summed E-state index contributed by atoms with van der Waals surface area (Å²) in [5, 5.41) is 5.56. The normalized spacial score (nSPS) is 10.5. The maximum Gasteiger partial charge on any atom is 0.238 e. The summed E-state index contributed by atoms with van der Waals surface area (Å²) in [5.41, 5.74) is 1.99. The fraction of sp³-hybridized carbons (Fsp3) is 0.160. The van der Waals surface area contributed by atoms with Gasteiger partial charge in [-0.15, -0.1) is 0 Å². The van der Waals surface area contributed by atoms with Gasteiger partial charge in [0, 0.05) is 22.9 Å².